The summed E-state index contributed by atoms with van der Waals surface area (Å²) in [5, 5.41) is 0.983. The number of carbonyl (C=O) groups excluding carboxylic acids is 1. The highest BCUT2D eigenvalue weighted by Crippen LogP contribution is 2.37. The Bertz CT molecular complexity index is 1000. The van der Waals surface area contributed by atoms with Gasteiger partial charge in [-0.2, -0.15) is 0 Å². The van der Waals surface area contributed by atoms with Gasteiger partial charge in [0, 0.05) is 12.0 Å². The second kappa shape index (κ2) is 7.62. The largest absolute Gasteiger partial charge is 0.454 e. The Hall–Kier alpha value is -2.51. The fourth-order valence-electron chi connectivity index (χ4n) is 3.46. The number of rotatable bonds is 5. The topological polar surface area (TPSA) is 87.3 Å². The Labute approximate surface area is 161 Å². The van der Waals surface area contributed by atoms with Gasteiger partial charge in [-0.1, -0.05) is 12.1 Å². The molecule has 27 heavy (non-hydrogen) atoms. The Morgan fingerprint density at radius 3 is 2.93 bits per heavy atom. The van der Waals surface area contributed by atoms with Crippen LogP contribution in [0.5, 0.6) is 0 Å². The third kappa shape index (κ3) is 3.65. The quantitative estimate of drug-likeness (QED) is 0.677. The number of anilines is 1. The molecule has 0 fully saturated rings. The van der Waals surface area contributed by atoms with Crippen LogP contribution < -0.4 is 5.73 Å². The van der Waals surface area contributed by atoms with Gasteiger partial charge in [0.15, 0.2) is 12.4 Å². The van der Waals surface area contributed by atoms with Crippen LogP contribution in [0.1, 0.15) is 45.0 Å². The molecule has 6 nitrogen and oxygen atoms in total. The molecule has 0 unspecified atom stereocenters. The number of hydrogen-bond acceptors (Lipinski definition) is 7. The summed E-state index contributed by atoms with van der Waals surface area (Å²) in [7, 11) is 1.62. The first-order chi connectivity index (χ1) is 13.2. The van der Waals surface area contributed by atoms with Crippen molar-refractivity contribution in [1.82, 2.24) is 9.97 Å². The van der Waals surface area contributed by atoms with Crippen molar-refractivity contribution < 1.29 is 14.3 Å². The van der Waals surface area contributed by atoms with E-state index in [-0.39, 0.29) is 6.61 Å². The van der Waals surface area contributed by atoms with Crippen molar-refractivity contribution in [1.29, 1.82) is 0 Å². The summed E-state index contributed by atoms with van der Waals surface area (Å²) in [6, 6.07) is 7.18. The molecule has 140 valence electrons. The number of esters is 1. The van der Waals surface area contributed by atoms with E-state index >= 15 is 0 Å². The van der Waals surface area contributed by atoms with Gasteiger partial charge in [-0.25, -0.2) is 14.8 Å². The fraction of sp³-hybridized carbons (Fsp3) is 0.350. The molecule has 2 aromatic heterocycles. The van der Waals surface area contributed by atoms with Crippen molar-refractivity contribution in [2.45, 2.75) is 38.9 Å². The molecule has 0 saturated heterocycles. The first-order valence-corrected chi connectivity index (χ1v) is 9.79. The summed E-state index contributed by atoms with van der Waals surface area (Å²) in [6.07, 6.45) is 4.51. The van der Waals surface area contributed by atoms with Crippen LogP contribution in [0.4, 0.5) is 5.82 Å². The number of nitrogens with two attached hydrogens (primary N) is 1. The molecule has 1 aliphatic carbocycles. The summed E-state index contributed by atoms with van der Waals surface area (Å²) in [5.41, 5.74) is 8.89. The van der Waals surface area contributed by atoms with Gasteiger partial charge >= 0.3 is 5.97 Å². The van der Waals surface area contributed by atoms with E-state index in [4.69, 9.17) is 15.2 Å². The number of thiophene rings is 1. The molecule has 0 aliphatic heterocycles. The van der Waals surface area contributed by atoms with Crippen LogP contribution >= 0.6 is 11.3 Å². The highest BCUT2D eigenvalue weighted by molar-refractivity contribution is 7.19. The number of methoxy groups -OCH3 is 1. The minimum atomic E-state index is -0.416. The Kier molecular flexibility index (Phi) is 5.05. The van der Waals surface area contributed by atoms with Gasteiger partial charge in [-0.05, 0) is 48.9 Å². The second-order valence-electron chi connectivity index (χ2n) is 6.63. The van der Waals surface area contributed by atoms with Crippen molar-refractivity contribution in [2.75, 3.05) is 12.8 Å². The Balaban J connectivity index is 1.52. The number of hydrogen-bond donors (Lipinski definition) is 1. The molecule has 0 bridgehead atoms. The van der Waals surface area contributed by atoms with Crippen LogP contribution in [0, 0.1) is 0 Å². The van der Waals surface area contributed by atoms with Crippen LogP contribution in [0.15, 0.2) is 24.3 Å². The monoisotopic (exact) mass is 383 g/mol. The number of aromatic nitrogens is 2. The van der Waals surface area contributed by atoms with E-state index in [1.165, 1.54) is 23.3 Å². The summed E-state index contributed by atoms with van der Waals surface area (Å²) in [4.78, 5) is 23.5. The minimum absolute atomic E-state index is 0.00392. The number of nitrogen functional groups attached to an aromatic ring is 1. The van der Waals surface area contributed by atoms with Gasteiger partial charge in [0.05, 0.1) is 17.6 Å². The van der Waals surface area contributed by atoms with E-state index in [0.29, 0.717) is 23.8 Å². The molecule has 0 amide bonds. The molecular weight excluding hydrogens is 362 g/mol. The standard InChI is InChI=1S/C20H21N3O3S/c1-25-10-12-5-4-6-13(9-12)20(24)26-11-16-22-18(21)17-14-7-2-3-8-15(14)27-19(17)23-16/h4-6,9H,2-3,7-8,10-11H2,1H3,(H2,21,22,23). The van der Waals surface area contributed by atoms with Crippen LogP contribution in [0.3, 0.4) is 0 Å². The number of fused-ring (bicyclic) bond motifs is 3. The summed E-state index contributed by atoms with van der Waals surface area (Å²) < 4.78 is 10.5. The molecule has 1 aromatic carbocycles. The van der Waals surface area contributed by atoms with Crippen LogP contribution in [-0.2, 0) is 35.5 Å². The lowest BCUT2D eigenvalue weighted by Gasteiger charge is -2.11. The molecule has 4 rings (SSSR count). The number of ether oxygens (including phenoxy) is 2. The third-order valence-electron chi connectivity index (χ3n) is 4.70. The highest BCUT2D eigenvalue weighted by atomic mass is 32.1. The lowest BCUT2D eigenvalue weighted by Crippen LogP contribution is -2.09. The van der Waals surface area contributed by atoms with Gasteiger partial charge in [0.25, 0.3) is 0 Å². The lowest BCUT2D eigenvalue weighted by atomic mass is 9.97. The molecule has 3 aromatic rings. The lowest BCUT2D eigenvalue weighted by molar-refractivity contribution is 0.0462. The fourth-order valence-corrected chi connectivity index (χ4v) is 4.75. The van der Waals surface area contributed by atoms with Gasteiger partial charge in [0.2, 0.25) is 0 Å². The summed E-state index contributed by atoms with van der Waals surface area (Å²) in [5.74, 6) is 0.494. The average molecular weight is 383 g/mol. The maximum atomic E-state index is 12.3. The van der Waals surface area contributed by atoms with E-state index < -0.39 is 5.97 Å². The molecule has 0 saturated carbocycles. The van der Waals surface area contributed by atoms with E-state index in [9.17, 15) is 4.79 Å². The van der Waals surface area contributed by atoms with Crippen LogP contribution in [0.25, 0.3) is 10.2 Å². The molecule has 7 heteroatoms. The van der Waals surface area contributed by atoms with E-state index in [1.807, 2.05) is 12.1 Å². The Morgan fingerprint density at radius 2 is 2.07 bits per heavy atom. The van der Waals surface area contributed by atoms with Crippen LogP contribution in [0.2, 0.25) is 0 Å². The zero-order valence-electron chi connectivity index (χ0n) is 15.2. The number of aryl methyl sites for hydroxylation is 2. The Morgan fingerprint density at radius 1 is 1.22 bits per heavy atom. The molecule has 0 atom stereocenters. The van der Waals surface area contributed by atoms with Crippen molar-refractivity contribution in [2.24, 2.45) is 0 Å². The maximum absolute atomic E-state index is 12.3. The van der Waals surface area contributed by atoms with Gasteiger partial charge in [-0.3, -0.25) is 0 Å². The summed E-state index contributed by atoms with van der Waals surface area (Å²) >= 11 is 1.68. The average Bonchev–Trinajstić information content (AvgIpc) is 3.05. The van der Waals surface area contributed by atoms with Crippen molar-refractivity contribution >= 4 is 33.3 Å². The van der Waals surface area contributed by atoms with E-state index in [1.54, 1.807) is 30.6 Å². The predicted molar refractivity (Wildman–Crippen MR) is 105 cm³/mol. The molecule has 2 N–H and O–H groups in total. The zero-order chi connectivity index (χ0) is 18.8. The number of nitrogens with zero attached hydrogens (tertiary/aromatic N) is 2. The first kappa shape index (κ1) is 17.9. The molecule has 1 aliphatic rings. The highest BCUT2D eigenvalue weighted by Gasteiger charge is 2.20. The number of carbonyl (C=O) groups is 1. The third-order valence-corrected chi connectivity index (χ3v) is 5.88. The summed E-state index contributed by atoms with van der Waals surface area (Å²) in [6.45, 7) is 0.441. The molecule has 0 radical (unpaired) electrons. The van der Waals surface area contributed by atoms with Crippen molar-refractivity contribution in [3.8, 4) is 0 Å². The first-order valence-electron chi connectivity index (χ1n) is 8.97. The molecule has 2 heterocycles. The predicted octanol–water partition coefficient (Wildman–Crippen LogP) is 3.66. The molecule has 0 spiro atoms. The van der Waals surface area contributed by atoms with E-state index in [2.05, 4.69) is 9.97 Å². The maximum Gasteiger partial charge on any atom is 0.338 e. The number of benzene rings is 1. The molecular formula is C20H21N3O3S. The van der Waals surface area contributed by atoms with Gasteiger partial charge < -0.3 is 15.2 Å². The minimum Gasteiger partial charge on any atom is -0.454 e. The van der Waals surface area contributed by atoms with Gasteiger partial charge in [0.1, 0.15) is 10.6 Å². The smallest absolute Gasteiger partial charge is 0.338 e. The SMILES string of the molecule is COCc1cccc(C(=O)OCc2nc(N)c3c4c(sc3n2)CCCC4)c1. The normalized spacial score (nSPS) is 13.5. The van der Waals surface area contributed by atoms with E-state index in [0.717, 1.165) is 28.6 Å². The van der Waals surface area contributed by atoms with Crippen LogP contribution in [-0.4, -0.2) is 23.0 Å². The van der Waals surface area contributed by atoms with Crippen molar-refractivity contribution in [3.63, 3.8) is 0 Å². The second-order valence-corrected chi connectivity index (χ2v) is 7.71. The van der Waals surface area contributed by atoms with Crippen molar-refractivity contribution in [3.05, 3.63) is 51.7 Å². The van der Waals surface area contributed by atoms with Gasteiger partial charge in [-0.15, -0.1) is 11.3 Å². The zero-order valence-corrected chi connectivity index (χ0v) is 16.0.